The highest BCUT2D eigenvalue weighted by Crippen LogP contribution is 2.05. The van der Waals surface area contributed by atoms with Gasteiger partial charge in [0.25, 0.3) is 0 Å². The highest BCUT2D eigenvalue weighted by atomic mass is 32.2. The van der Waals surface area contributed by atoms with E-state index >= 15 is 0 Å². The minimum atomic E-state index is -3.02. The Morgan fingerprint density at radius 1 is 1.19 bits per heavy atom. The van der Waals surface area contributed by atoms with Crippen LogP contribution in [0.4, 0.5) is 0 Å². The van der Waals surface area contributed by atoms with E-state index in [-0.39, 0.29) is 0 Å². The van der Waals surface area contributed by atoms with Crippen LogP contribution in [-0.4, -0.2) is 76.4 Å². The molecule has 1 fully saturated rings. The van der Waals surface area contributed by atoms with E-state index in [1.54, 1.807) is 0 Å². The van der Waals surface area contributed by atoms with Gasteiger partial charge in [0.05, 0.1) is 19.5 Å². The Morgan fingerprint density at radius 2 is 1.81 bits per heavy atom. The van der Waals surface area contributed by atoms with Crippen LogP contribution >= 0.6 is 0 Å². The summed E-state index contributed by atoms with van der Waals surface area (Å²) in [6, 6.07) is 0. The average molecular weight is 251 g/mol. The van der Waals surface area contributed by atoms with Crippen LogP contribution in [0.2, 0.25) is 0 Å². The van der Waals surface area contributed by atoms with Crippen LogP contribution in [-0.2, 0) is 14.8 Å². The summed E-state index contributed by atoms with van der Waals surface area (Å²) < 4.78 is 29.3. The largest absolute Gasteiger partial charge is 0.379 e. The Bertz CT molecular complexity index is 286. The van der Waals surface area contributed by atoms with Crippen LogP contribution in [0, 0.1) is 0 Å². The molecule has 0 aromatic heterocycles. The number of hydrogen-bond donors (Lipinski definition) is 1. The zero-order chi connectivity index (χ0) is 12.0. The van der Waals surface area contributed by atoms with Crippen molar-refractivity contribution in [3.63, 3.8) is 0 Å². The molecular formula is C9H21N3O3S. The van der Waals surface area contributed by atoms with Gasteiger partial charge < -0.3 is 10.5 Å². The first-order chi connectivity index (χ1) is 7.54. The van der Waals surface area contributed by atoms with Gasteiger partial charge in [-0.25, -0.2) is 8.42 Å². The van der Waals surface area contributed by atoms with Gasteiger partial charge >= 0.3 is 0 Å². The first-order valence-corrected chi connectivity index (χ1v) is 7.34. The van der Waals surface area contributed by atoms with Gasteiger partial charge in [-0.05, 0) is 0 Å². The number of ether oxygens (including phenoxy) is 1. The molecule has 0 aromatic carbocycles. The molecule has 2 N–H and O–H groups in total. The van der Waals surface area contributed by atoms with Crippen molar-refractivity contribution < 1.29 is 13.2 Å². The van der Waals surface area contributed by atoms with Crippen LogP contribution in [0.25, 0.3) is 0 Å². The molecule has 0 amide bonds. The fraction of sp³-hybridized carbons (Fsp3) is 1.00. The van der Waals surface area contributed by atoms with E-state index in [1.165, 1.54) is 10.6 Å². The molecule has 0 saturated carbocycles. The third kappa shape index (κ3) is 4.75. The molecule has 16 heavy (non-hydrogen) atoms. The van der Waals surface area contributed by atoms with E-state index < -0.39 is 10.0 Å². The fourth-order valence-electron chi connectivity index (χ4n) is 1.66. The molecule has 0 aliphatic carbocycles. The van der Waals surface area contributed by atoms with Gasteiger partial charge in [-0.3, -0.25) is 4.90 Å². The molecule has 1 aliphatic rings. The average Bonchev–Trinajstić information content (AvgIpc) is 2.24. The Balaban J connectivity index is 2.17. The highest BCUT2D eigenvalue weighted by molar-refractivity contribution is 7.88. The predicted molar refractivity (Wildman–Crippen MR) is 62.7 cm³/mol. The molecule has 0 unspecified atom stereocenters. The van der Waals surface area contributed by atoms with Crippen LogP contribution in [0.5, 0.6) is 0 Å². The molecule has 1 saturated heterocycles. The van der Waals surface area contributed by atoms with Gasteiger partial charge in [0.2, 0.25) is 10.0 Å². The number of piperazine rings is 1. The number of hydrogen-bond acceptors (Lipinski definition) is 5. The molecule has 0 radical (unpaired) electrons. The van der Waals surface area contributed by atoms with Gasteiger partial charge in [0, 0.05) is 39.3 Å². The molecule has 1 aliphatic heterocycles. The van der Waals surface area contributed by atoms with Crippen molar-refractivity contribution in [3.05, 3.63) is 0 Å². The van der Waals surface area contributed by atoms with Crippen molar-refractivity contribution in [3.8, 4) is 0 Å². The minimum Gasteiger partial charge on any atom is -0.379 e. The third-order valence-corrected chi connectivity index (χ3v) is 3.92. The molecular weight excluding hydrogens is 230 g/mol. The van der Waals surface area contributed by atoms with E-state index in [1.807, 2.05) is 0 Å². The molecule has 1 heterocycles. The number of rotatable bonds is 6. The van der Waals surface area contributed by atoms with E-state index in [2.05, 4.69) is 4.90 Å². The highest BCUT2D eigenvalue weighted by Gasteiger charge is 2.22. The summed E-state index contributed by atoms with van der Waals surface area (Å²) in [6.07, 6.45) is 1.26. The molecule has 0 atom stereocenters. The Morgan fingerprint density at radius 3 is 2.31 bits per heavy atom. The molecule has 0 aromatic rings. The number of nitrogens with zero attached hydrogens (tertiary/aromatic N) is 2. The van der Waals surface area contributed by atoms with E-state index in [4.69, 9.17) is 10.5 Å². The first kappa shape index (κ1) is 13.9. The molecule has 0 bridgehead atoms. The van der Waals surface area contributed by atoms with Gasteiger partial charge in [0.1, 0.15) is 0 Å². The first-order valence-electron chi connectivity index (χ1n) is 5.49. The maximum Gasteiger partial charge on any atom is 0.211 e. The van der Waals surface area contributed by atoms with Crippen LogP contribution in [0.1, 0.15) is 0 Å². The lowest BCUT2D eigenvalue weighted by Gasteiger charge is -2.33. The zero-order valence-electron chi connectivity index (χ0n) is 9.76. The summed E-state index contributed by atoms with van der Waals surface area (Å²) in [5.74, 6) is 0. The lowest BCUT2D eigenvalue weighted by atomic mass is 10.3. The zero-order valence-corrected chi connectivity index (χ0v) is 10.6. The van der Waals surface area contributed by atoms with Crippen LogP contribution in [0.15, 0.2) is 0 Å². The summed E-state index contributed by atoms with van der Waals surface area (Å²) in [6.45, 7) is 5.35. The number of sulfonamides is 1. The predicted octanol–water partition coefficient (Wildman–Crippen LogP) is -1.46. The lowest BCUT2D eigenvalue weighted by Crippen LogP contribution is -2.49. The van der Waals surface area contributed by atoms with Gasteiger partial charge in [-0.15, -0.1) is 0 Å². The molecule has 1 rings (SSSR count). The summed E-state index contributed by atoms with van der Waals surface area (Å²) in [5.41, 5.74) is 5.30. The van der Waals surface area contributed by atoms with Crippen molar-refractivity contribution in [2.75, 3.05) is 58.7 Å². The second-order valence-electron chi connectivity index (χ2n) is 3.90. The normalized spacial score (nSPS) is 20.1. The van der Waals surface area contributed by atoms with Crippen molar-refractivity contribution in [1.29, 1.82) is 0 Å². The smallest absolute Gasteiger partial charge is 0.211 e. The Hall–Kier alpha value is -0.210. The van der Waals surface area contributed by atoms with Crippen molar-refractivity contribution in [2.45, 2.75) is 0 Å². The Kier molecular flexibility index (Phi) is 5.63. The fourth-order valence-corrected chi connectivity index (χ4v) is 2.49. The van der Waals surface area contributed by atoms with E-state index in [0.29, 0.717) is 32.8 Å². The maximum atomic E-state index is 11.3. The second kappa shape index (κ2) is 6.51. The summed E-state index contributed by atoms with van der Waals surface area (Å²) in [5, 5.41) is 0. The monoisotopic (exact) mass is 251 g/mol. The topological polar surface area (TPSA) is 75.9 Å². The van der Waals surface area contributed by atoms with Crippen molar-refractivity contribution in [1.82, 2.24) is 9.21 Å². The van der Waals surface area contributed by atoms with Gasteiger partial charge in [-0.1, -0.05) is 0 Å². The lowest BCUT2D eigenvalue weighted by molar-refractivity contribution is 0.0948. The Labute approximate surface area is 97.4 Å². The summed E-state index contributed by atoms with van der Waals surface area (Å²) >= 11 is 0. The quantitative estimate of drug-likeness (QED) is 0.584. The van der Waals surface area contributed by atoms with E-state index in [9.17, 15) is 8.42 Å². The molecule has 0 spiro atoms. The van der Waals surface area contributed by atoms with E-state index in [0.717, 1.165) is 19.6 Å². The standard InChI is InChI=1S/C9H21N3O3S/c1-16(13,14)12-5-3-11(4-6-12)7-9-15-8-2-10/h2-10H2,1H3. The molecule has 6 nitrogen and oxygen atoms in total. The third-order valence-electron chi connectivity index (χ3n) is 2.61. The number of nitrogens with two attached hydrogens (primary N) is 1. The minimum absolute atomic E-state index is 0.544. The van der Waals surface area contributed by atoms with Gasteiger partial charge in [0.15, 0.2) is 0 Å². The second-order valence-corrected chi connectivity index (χ2v) is 5.89. The molecule has 7 heteroatoms. The molecule has 96 valence electrons. The summed E-state index contributed by atoms with van der Waals surface area (Å²) in [7, 11) is -3.02. The van der Waals surface area contributed by atoms with Crippen molar-refractivity contribution in [2.24, 2.45) is 5.73 Å². The maximum absolute atomic E-state index is 11.3. The van der Waals surface area contributed by atoms with Crippen molar-refractivity contribution >= 4 is 10.0 Å². The van der Waals surface area contributed by atoms with Gasteiger partial charge in [-0.2, -0.15) is 4.31 Å². The van der Waals surface area contributed by atoms with Crippen LogP contribution in [0.3, 0.4) is 0 Å². The SMILES string of the molecule is CS(=O)(=O)N1CCN(CCOCCN)CC1. The summed E-state index contributed by atoms with van der Waals surface area (Å²) in [4.78, 5) is 2.21. The van der Waals surface area contributed by atoms with Crippen LogP contribution < -0.4 is 5.73 Å².